The fourth-order valence-electron chi connectivity index (χ4n) is 1.84. The van der Waals surface area contributed by atoms with Gasteiger partial charge in [0.05, 0.1) is 0 Å². The molecule has 0 bridgehead atoms. The number of carbonyl (C=O) groups is 1. The number of nitrogens with two attached hydrogens (primary N) is 1. The van der Waals surface area contributed by atoms with E-state index in [4.69, 9.17) is 22.2 Å². The van der Waals surface area contributed by atoms with Crippen molar-refractivity contribution in [1.29, 1.82) is 0 Å². The molecule has 6 heteroatoms. The second kappa shape index (κ2) is 6.56. The monoisotopic (exact) mass is 308 g/mol. The van der Waals surface area contributed by atoms with Crippen molar-refractivity contribution in [2.75, 3.05) is 0 Å². The van der Waals surface area contributed by atoms with Crippen molar-refractivity contribution in [3.63, 3.8) is 0 Å². The Morgan fingerprint density at radius 1 is 1.33 bits per heavy atom. The van der Waals surface area contributed by atoms with Crippen molar-refractivity contribution >= 4 is 17.5 Å². The first kappa shape index (κ1) is 15.3. The van der Waals surface area contributed by atoms with Crippen molar-refractivity contribution in [3.8, 4) is 5.75 Å². The summed E-state index contributed by atoms with van der Waals surface area (Å²) in [7, 11) is 0. The number of hydrazine groups is 1. The number of nitrogens with one attached hydrogen (secondary N) is 1. The SMILES string of the molecule is Cc1cc(Cl)ccc1OCc1cc(C(=O)NN)ccc1F. The van der Waals surface area contributed by atoms with E-state index in [0.29, 0.717) is 10.8 Å². The van der Waals surface area contributed by atoms with Gasteiger partial charge in [0.1, 0.15) is 18.2 Å². The fraction of sp³-hybridized carbons (Fsp3) is 0.133. The summed E-state index contributed by atoms with van der Waals surface area (Å²) in [5.41, 5.74) is 3.38. The smallest absolute Gasteiger partial charge is 0.265 e. The average Bonchev–Trinajstić information content (AvgIpc) is 2.47. The predicted molar refractivity (Wildman–Crippen MR) is 78.6 cm³/mol. The third-order valence-electron chi connectivity index (χ3n) is 2.96. The summed E-state index contributed by atoms with van der Waals surface area (Å²) < 4.78 is 19.3. The second-order valence-electron chi connectivity index (χ2n) is 4.48. The zero-order chi connectivity index (χ0) is 15.4. The number of benzene rings is 2. The molecule has 2 aromatic rings. The van der Waals surface area contributed by atoms with E-state index in [-0.39, 0.29) is 17.7 Å². The topological polar surface area (TPSA) is 64.3 Å². The Bertz CT molecular complexity index is 677. The molecule has 0 spiro atoms. The van der Waals surface area contributed by atoms with Gasteiger partial charge in [-0.2, -0.15) is 0 Å². The molecule has 0 atom stereocenters. The predicted octanol–water partition coefficient (Wildman–Crippen LogP) is 2.97. The van der Waals surface area contributed by atoms with E-state index in [1.165, 1.54) is 18.2 Å². The molecular weight excluding hydrogens is 295 g/mol. The summed E-state index contributed by atoms with van der Waals surface area (Å²) in [5, 5.41) is 0.604. The number of carbonyl (C=O) groups excluding carboxylic acids is 1. The highest BCUT2D eigenvalue weighted by atomic mass is 35.5. The Balaban J connectivity index is 2.17. The van der Waals surface area contributed by atoms with Crippen LogP contribution in [0.5, 0.6) is 5.75 Å². The largest absolute Gasteiger partial charge is 0.489 e. The van der Waals surface area contributed by atoms with Crippen molar-refractivity contribution in [3.05, 3.63) is 63.9 Å². The molecule has 0 heterocycles. The molecule has 0 radical (unpaired) electrons. The molecule has 110 valence electrons. The molecule has 1 amide bonds. The van der Waals surface area contributed by atoms with Gasteiger partial charge in [0.2, 0.25) is 0 Å². The summed E-state index contributed by atoms with van der Waals surface area (Å²) >= 11 is 5.86. The van der Waals surface area contributed by atoms with Crippen molar-refractivity contribution < 1.29 is 13.9 Å². The maximum Gasteiger partial charge on any atom is 0.265 e. The number of hydrogen-bond acceptors (Lipinski definition) is 3. The Kier molecular flexibility index (Phi) is 4.77. The summed E-state index contributed by atoms with van der Waals surface area (Å²) in [6.07, 6.45) is 0. The van der Waals surface area contributed by atoms with E-state index in [1.54, 1.807) is 18.2 Å². The van der Waals surface area contributed by atoms with Gasteiger partial charge in [0.25, 0.3) is 5.91 Å². The normalized spacial score (nSPS) is 10.3. The van der Waals surface area contributed by atoms with E-state index >= 15 is 0 Å². The molecule has 0 aliphatic heterocycles. The summed E-state index contributed by atoms with van der Waals surface area (Å²) in [6.45, 7) is 1.84. The van der Waals surface area contributed by atoms with Crippen LogP contribution in [0.25, 0.3) is 0 Å². The van der Waals surface area contributed by atoms with Crippen LogP contribution in [0.3, 0.4) is 0 Å². The van der Waals surface area contributed by atoms with Crippen LogP contribution in [0.4, 0.5) is 4.39 Å². The van der Waals surface area contributed by atoms with E-state index < -0.39 is 11.7 Å². The molecule has 0 aromatic heterocycles. The first-order chi connectivity index (χ1) is 10.0. The summed E-state index contributed by atoms with van der Waals surface area (Å²) in [4.78, 5) is 11.4. The third kappa shape index (κ3) is 3.71. The zero-order valence-corrected chi connectivity index (χ0v) is 12.1. The lowest BCUT2D eigenvalue weighted by molar-refractivity contribution is 0.0953. The number of rotatable bonds is 4. The standard InChI is InChI=1S/C15H14ClFN2O2/c1-9-6-12(16)3-5-14(9)21-8-11-7-10(15(20)19-18)2-4-13(11)17/h2-7H,8,18H2,1H3,(H,19,20). The fourth-order valence-corrected chi connectivity index (χ4v) is 2.07. The van der Waals surface area contributed by atoms with Crippen LogP contribution >= 0.6 is 11.6 Å². The second-order valence-corrected chi connectivity index (χ2v) is 4.91. The van der Waals surface area contributed by atoms with E-state index in [1.807, 2.05) is 12.3 Å². The molecular formula is C15H14ClFN2O2. The first-order valence-electron chi connectivity index (χ1n) is 6.19. The van der Waals surface area contributed by atoms with Gasteiger partial charge in [-0.3, -0.25) is 10.2 Å². The van der Waals surface area contributed by atoms with Gasteiger partial charge in [0, 0.05) is 16.1 Å². The molecule has 3 N–H and O–H groups in total. The number of ether oxygens (including phenoxy) is 1. The minimum absolute atomic E-state index is 0.00000283. The van der Waals surface area contributed by atoms with Crippen molar-refractivity contribution in [2.24, 2.45) is 5.84 Å². The van der Waals surface area contributed by atoms with E-state index in [2.05, 4.69) is 0 Å². The zero-order valence-electron chi connectivity index (χ0n) is 11.3. The minimum atomic E-state index is -0.487. The quantitative estimate of drug-likeness (QED) is 0.518. The van der Waals surface area contributed by atoms with Crippen LogP contribution < -0.4 is 16.0 Å². The van der Waals surface area contributed by atoms with Gasteiger partial charge in [-0.15, -0.1) is 0 Å². The molecule has 2 rings (SSSR count). The molecule has 0 aliphatic carbocycles. The maximum atomic E-state index is 13.7. The van der Waals surface area contributed by atoms with Crippen LogP contribution in [0, 0.1) is 12.7 Å². The average molecular weight is 309 g/mol. The van der Waals surface area contributed by atoms with Crippen LogP contribution in [0.15, 0.2) is 36.4 Å². The minimum Gasteiger partial charge on any atom is -0.489 e. The van der Waals surface area contributed by atoms with Gasteiger partial charge in [-0.05, 0) is 48.9 Å². The molecule has 2 aromatic carbocycles. The molecule has 0 saturated carbocycles. The highest BCUT2D eigenvalue weighted by molar-refractivity contribution is 6.30. The Labute approximate surface area is 126 Å². The van der Waals surface area contributed by atoms with Crippen LogP contribution in [0.1, 0.15) is 21.5 Å². The molecule has 21 heavy (non-hydrogen) atoms. The van der Waals surface area contributed by atoms with E-state index in [9.17, 15) is 9.18 Å². The van der Waals surface area contributed by atoms with Gasteiger partial charge >= 0.3 is 0 Å². The summed E-state index contributed by atoms with van der Waals surface area (Å²) in [5.74, 6) is 4.72. The number of amides is 1. The maximum absolute atomic E-state index is 13.7. The van der Waals surface area contributed by atoms with Gasteiger partial charge < -0.3 is 4.74 Å². The highest BCUT2D eigenvalue weighted by Gasteiger charge is 2.10. The van der Waals surface area contributed by atoms with Crippen LogP contribution in [-0.4, -0.2) is 5.91 Å². The van der Waals surface area contributed by atoms with Gasteiger partial charge in [-0.25, -0.2) is 10.2 Å². The highest BCUT2D eigenvalue weighted by Crippen LogP contribution is 2.23. The molecule has 4 nitrogen and oxygen atoms in total. The molecule has 0 unspecified atom stereocenters. The number of halogens is 2. The van der Waals surface area contributed by atoms with E-state index in [0.717, 1.165) is 5.56 Å². The molecule has 0 saturated heterocycles. The van der Waals surface area contributed by atoms with Crippen LogP contribution in [-0.2, 0) is 6.61 Å². The van der Waals surface area contributed by atoms with Crippen molar-refractivity contribution in [2.45, 2.75) is 13.5 Å². The van der Waals surface area contributed by atoms with Gasteiger partial charge in [0.15, 0.2) is 0 Å². The van der Waals surface area contributed by atoms with Gasteiger partial charge in [-0.1, -0.05) is 11.6 Å². The molecule has 0 aliphatic rings. The lowest BCUT2D eigenvalue weighted by Gasteiger charge is -2.11. The Morgan fingerprint density at radius 3 is 2.76 bits per heavy atom. The lowest BCUT2D eigenvalue weighted by Crippen LogP contribution is -2.30. The number of nitrogen functional groups attached to an aromatic ring is 1. The molecule has 0 fully saturated rings. The summed E-state index contributed by atoms with van der Waals surface area (Å²) in [6, 6.07) is 9.13. The number of aryl methyl sites for hydroxylation is 1. The Hall–Kier alpha value is -2.11. The van der Waals surface area contributed by atoms with Crippen molar-refractivity contribution in [1.82, 2.24) is 5.43 Å². The Morgan fingerprint density at radius 2 is 2.10 bits per heavy atom. The van der Waals surface area contributed by atoms with Crippen LogP contribution in [0.2, 0.25) is 5.02 Å². The lowest BCUT2D eigenvalue weighted by atomic mass is 10.1. The number of hydrogen-bond donors (Lipinski definition) is 2. The third-order valence-corrected chi connectivity index (χ3v) is 3.19. The first-order valence-corrected chi connectivity index (χ1v) is 6.57.